The van der Waals surface area contributed by atoms with E-state index in [1.54, 1.807) is 11.8 Å². The SMILES string of the molecule is CSc1ccc(NC(N)=O)cc1.Cl. The van der Waals surface area contributed by atoms with Crippen LogP contribution in [0.5, 0.6) is 0 Å². The van der Waals surface area contributed by atoms with Crippen LogP contribution in [0.15, 0.2) is 29.2 Å². The molecule has 0 bridgehead atoms. The van der Waals surface area contributed by atoms with Gasteiger partial charge in [-0.15, -0.1) is 24.2 Å². The molecule has 0 fully saturated rings. The highest BCUT2D eigenvalue weighted by Gasteiger charge is 1.94. The summed E-state index contributed by atoms with van der Waals surface area (Å²) in [6, 6.07) is 6.95. The van der Waals surface area contributed by atoms with Gasteiger partial charge in [-0.1, -0.05) is 0 Å². The molecule has 1 aromatic carbocycles. The Hall–Kier alpha value is -0.870. The number of anilines is 1. The minimum atomic E-state index is -0.535. The lowest BCUT2D eigenvalue weighted by atomic mass is 10.3. The van der Waals surface area contributed by atoms with E-state index < -0.39 is 6.03 Å². The van der Waals surface area contributed by atoms with Crippen molar-refractivity contribution in [1.29, 1.82) is 0 Å². The van der Waals surface area contributed by atoms with Crippen molar-refractivity contribution in [2.45, 2.75) is 4.90 Å². The number of thioether (sulfide) groups is 1. The molecule has 0 saturated carbocycles. The lowest BCUT2D eigenvalue weighted by Gasteiger charge is -2.01. The molecule has 72 valence electrons. The standard InChI is InChI=1S/C8H10N2OS.ClH/c1-12-7-4-2-6(3-5-7)10-8(9)11;/h2-5H,1H3,(H3,9,10,11);1H. The van der Waals surface area contributed by atoms with Crippen LogP contribution in [-0.2, 0) is 0 Å². The summed E-state index contributed by atoms with van der Waals surface area (Å²) in [5.41, 5.74) is 5.66. The summed E-state index contributed by atoms with van der Waals surface area (Å²) in [5, 5.41) is 2.49. The average molecular weight is 219 g/mol. The van der Waals surface area contributed by atoms with Crippen molar-refractivity contribution in [1.82, 2.24) is 0 Å². The molecule has 0 saturated heterocycles. The number of carbonyl (C=O) groups excluding carboxylic acids is 1. The minimum absolute atomic E-state index is 0. The monoisotopic (exact) mass is 218 g/mol. The molecule has 0 heterocycles. The number of amides is 2. The van der Waals surface area contributed by atoms with Gasteiger partial charge < -0.3 is 11.1 Å². The highest BCUT2D eigenvalue weighted by molar-refractivity contribution is 7.98. The fourth-order valence-electron chi connectivity index (χ4n) is 0.817. The topological polar surface area (TPSA) is 55.1 Å². The quantitative estimate of drug-likeness (QED) is 0.749. The van der Waals surface area contributed by atoms with Crippen molar-refractivity contribution < 1.29 is 4.79 Å². The Labute approximate surface area is 87.5 Å². The first-order valence-electron chi connectivity index (χ1n) is 3.43. The van der Waals surface area contributed by atoms with E-state index in [0.29, 0.717) is 0 Å². The van der Waals surface area contributed by atoms with E-state index in [2.05, 4.69) is 5.32 Å². The second kappa shape index (κ2) is 5.72. The maximum Gasteiger partial charge on any atom is 0.316 e. The Morgan fingerprint density at radius 3 is 2.31 bits per heavy atom. The van der Waals surface area contributed by atoms with Gasteiger partial charge in [-0.2, -0.15) is 0 Å². The third-order valence-corrected chi connectivity index (χ3v) is 2.10. The Balaban J connectivity index is 0.00000144. The lowest BCUT2D eigenvalue weighted by Crippen LogP contribution is -2.19. The van der Waals surface area contributed by atoms with E-state index in [1.165, 1.54) is 0 Å². The smallest absolute Gasteiger partial charge is 0.316 e. The molecule has 0 aromatic heterocycles. The van der Waals surface area contributed by atoms with E-state index in [0.717, 1.165) is 10.6 Å². The summed E-state index contributed by atoms with van der Waals surface area (Å²) < 4.78 is 0. The number of nitrogens with two attached hydrogens (primary N) is 1. The lowest BCUT2D eigenvalue weighted by molar-refractivity contribution is 0.259. The van der Waals surface area contributed by atoms with Crippen molar-refractivity contribution in [2.24, 2.45) is 5.73 Å². The maximum absolute atomic E-state index is 10.4. The predicted octanol–water partition coefficient (Wildman–Crippen LogP) is 2.32. The molecule has 1 rings (SSSR count). The molecule has 3 N–H and O–H groups in total. The highest BCUT2D eigenvalue weighted by Crippen LogP contribution is 2.16. The Kier molecular flexibility index (Phi) is 5.34. The van der Waals surface area contributed by atoms with Crippen LogP contribution in [0.2, 0.25) is 0 Å². The van der Waals surface area contributed by atoms with Gasteiger partial charge in [0.15, 0.2) is 0 Å². The molecular weight excluding hydrogens is 208 g/mol. The molecule has 0 radical (unpaired) electrons. The van der Waals surface area contributed by atoms with Crippen molar-refractivity contribution in [3.05, 3.63) is 24.3 Å². The van der Waals surface area contributed by atoms with Crippen LogP contribution in [0, 0.1) is 0 Å². The van der Waals surface area contributed by atoms with Gasteiger partial charge in [0, 0.05) is 10.6 Å². The van der Waals surface area contributed by atoms with E-state index in [1.807, 2.05) is 30.5 Å². The van der Waals surface area contributed by atoms with Gasteiger partial charge >= 0.3 is 6.03 Å². The summed E-state index contributed by atoms with van der Waals surface area (Å²) in [6.45, 7) is 0. The number of carbonyl (C=O) groups is 1. The van der Waals surface area contributed by atoms with E-state index in [-0.39, 0.29) is 12.4 Å². The Morgan fingerprint density at radius 2 is 1.92 bits per heavy atom. The molecule has 3 nitrogen and oxygen atoms in total. The van der Waals surface area contributed by atoms with Gasteiger partial charge in [0.25, 0.3) is 0 Å². The summed E-state index contributed by atoms with van der Waals surface area (Å²) >= 11 is 1.65. The third-order valence-electron chi connectivity index (χ3n) is 1.36. The maximum atomic E-state index is 10.4. The first-order chi connectivity index (χ1) is 5.72. The fraction of sp³-hybridized carbons (Fsp3) is 0.125. The van der Waals surface area contributed by atoms with E-state index in [4.69, 9.17) is 5.73 Å². The van der Waals surface area contributed by atoms with Gasteiger partial charge in [0.2, 0.25) is 0 Å². The van der Waals surface area contributed by atoms with Gasteiger partial charge in [-0.25, -0.2) is 4.79 Å². The second-order valence-corrected chi connectivity index (χ2v) is 3.10. The molecule has 0 spiro atoms. The van der Waals surface area contributed by atoms with Crippen LogP contribution in [0.4, 0.5) is 10.5 Å². The van der Waals surface area contributed by atoms with Crippen LogP contribution < -0.4 is 11.1 Å². The molecule has 0 aliphatic rings. The van der Waals surface area contributed by atoms with Crippen molar-refractivity contribution in [3.8, 4) is 0 Å². The molecule has 1 aromatic rings. The van der Waals surface area contributed by atoms with Crippen molar-refractivity contribution >= 4 is 35.9 Å². The summed E-state index contributed by atoms with van der Waals surface area (Å²) in [6.07, 6.45) is 2.00. The molecule has 2 amide bonds. The molecule has 5 heteroatoms. The summed E-state index contributed by atoms with van der Waals surface area (Å²) in [4.78, 5) is 11.6. The molecule has 13 heavy (non-hydrogen) atoms. The molecule has 0 unspecified atom stereocenters. The number of hydrogen-bond acceptors (Lipinski definition) is 2. The number of urea groups is 1. The van der Waals surface area contributed by atoms with Gasteiger partial charge in [0.1, 0.15) is 0 Å². The van der Waals surface area contributed by atoms with Gasteiger partial charge in [0.05, 0.1) is 0 Å². The normalized spacial score (nSPS) is 8.69. The predicted molar refractivity (Wildman–Crippen MR) is 58.7 cm³/mol. The number of primary amides is 1. The van der Waals surface area contributed by atoms with Gasteiger partial charge in [-0.3, -0.25) is 0 Å². The zero-order valence-corrected chi connectivity index (χ0v) is 8.74. The highest BCUT2D eigenvalue weighted by atomic mass is 35.5. The fourth-order valence-corrected chi connectivity index (χ4v) is 1.22. The van der Waals surface area contributed by atoms with Crippen molar-refractivity contribution in [3.63, 3.8) is 0 Å². The third kappa shape index (κ3) is 4.05. The van der Waals surface area contributed by atoms with Crippen LogP contribution in [-0.4, -0.2) is 12.3 Å². The number of benzene rings is 1. The number of nitrogens with one attached hydrogen (secondary N) is 1. The van der Waals surface area contributed by atoms with Crippen molar-refractivity contribution in [2.75, 3.05) is 11.6 Å². The average Bonchev–Trinajstić information content (AvgIpc) is 2.05. The Bertz CT molecular complexity index is 276. The molecule has 0 aliphatic carbocycles. The van der Waals surface area contributed by atoms with Crippen LogP contribution in [0.1, 0.15) is 0 Å². The van der Waals surface area contributed by atoms with Crippen LogP contribution in [0.25, 0.3) is 0 Å². The first-order valence-corrected chi connectivity index (χ1v) is 4.65. The molecule has 0 aliphatic heterocycles. The summed E-state index contributed by atoms with van der Waals surface area (Å²) in [7, 11) is 0. The number of hydrogen-bond donors (Lipinski definition) is 2. The Morgan fingerprint density at radius 1 is 1.38 bits per heavy atom. The zero-order chi connectivity index (χ0) is 8.97. The largest absolute Gasteiger partial charge is 0.351 e. The minimum Gasteiger partial charge on any atom is -0.351 e. The molecule has 0 atom stereocenters. The molecular formula is C8H11ClN2OS. The second-order valence-electron chi connectivity index (χ2n) is 2.22. The number of halogens is 1. The van der Waals surface area contributed by atoms with Gasteiger partial charge in [-0.05, 0) is 30.5 Å². The first kappa shape index (κ1) is 12.1. The van der Waals surface area contributed by atoms with Crippen LogP contribution >= 0.6 is 24.2 Å². The zero-order valence-electron chi connectivity index (χ0n) is 7.11. The van der Waals surface area contributed by atoms with E-state index in [9.17, 15) is 4.79 Å². The van der Waals surface area contributed by atoms with Crippen LogP contribution in [0.3, 0.4) is 0 Å². The summed E-state index contributed by atoms with van der Waals surface area (Å²) in [5.74, 6) is 0. The number of rotatable bonds is 2. The van der Waals surface area contributed by atoms with E-state index >= 15 is 0 Å².